The van der Waals surface area contributed by atoms with Crippen LogP contribution in [0.3, 0.4) is 0 Å². The number of rotatable bonds is 6. The fraction of sp³-hybridized carbons (Fsp3) is 0.200. The molecule has 3 rings (SSSR count). The van der Waals surface area contributed by atoms with Crippen molar-refractivity contribution in [3.8, 4) is 28.1 Å². The van der Waals surface area contributed by atoms with Crippen LogP contribution in [0, 0.1) is 15.9 Å². The second-order valence-electron chi connectivity index (χ2n) is 7.04. The summed E-state index contributed by atoms with van der Waals surface area (Å²) in [5.74, 6) is -1.63. The number of aromatic nitrogens is 2. The Labute approximate surface area is 183 Å². The fourth-order valence-electron chi connectivity index (χ4n) is 3.17. The highest BCUT2D eigenvalue weighted by atomic mass is 32.2. The van der Waals surface area contributed by atoms with Crippen molar-refractivity contribution in [2.45, 2.75) is 24.0 Å². The summed E-state index contributed by atoms with van der Waals surface area (Å²) in [5.41, 5.74) is 11.3. The van der Waals surface area contributed by atoms with Crippen molar-refractivity contribution in [3.63, 3.8) is 0 Å². The number of methoxy groups -OCH3 is 1. The van der Waals surface area contributed by atoms with Crippen LogP contribution >= 0.6 is 0 Å². The van der Waals surface area contributed by atoms with Gasteiger partial charge in [-0.1, -0.05) is 18.2 Å². The Balaban J connectivity index is 2.46. The first-order chi connectivity index (χ1) is 15.0. The monoisotopic (exact) mass is 461 g/mol. The number of anilines is 2. The molecule has 10 nitrogen and oxygen atoms in total. The topological polar surface area (TPSA) is 164 Å². The standard InChI is InChI=1S/C20H20FN5O5S/c1-10(2)32(29,30)16-7-5-4-6-11(16)17-18(24-20(23)25-19(17)22)12-8-14(26(27)28)13(21)9-15(12)31-3/h4-10H,1-3H3,(H4,22,23,24,25). The van der Waals surface area contributed by atoms with Crippen molar-refractivity contribution in [1.29, 1.82) is 0 Å². The van der Waals surface area contributed by atoms with Gasteiger partial charge in [0.2, 0.25) is 11.8 Å². The molecule has 0 spiro atoms. The van der Waals surface area contributed by atoms with E-state index in [1.807, 2.05) is 0 Å². The van der Waals surface area contributed by atoms with E-state index in [2.05, 4.69) is 9.97 Å². The van der Waals surface area contributed by atoms with Gasteiger partial charge < -0.3 is 16.2 Å². The van der Waals surface area contributed by atoms with Crippen molar-refractivity contribution in [2.24, 2.45) is 0 Å². The molecule has 12 heteroatoms. The number of benzene rings is 2. The molecule has 32 heavy (non-hydrogen) atoms. The summed E-state index contributed by atoms with van der Waals surface area (Å²) in [6, 6.07) is 7.83. The molecule has 0 saturated carbocycles. The highest BCUT2D eigenvalue weighted by Gasteiger charge is 2.29. The third-order valence-corrected chi connectivity index (χ3v) is 6.97. The van der Waals surface area contributed by atoms with Gasteiger partial charge in [0.25, 0.3) is 0 Å². The van der Waals surface area contributed by atoms with Crippen LogP contribution in [0.5, 0.6) is 5.75 Å². The number of nitro groups is 1. The fourth-order valence-corrected chi connectivity index (χ4v) is 4.42. The van der Waals surface area contributed by atoms with Gasteiger partial charge >= 0.3 is 5.69 Å². The van der Waals surface area contributed by atoms with Crippen molar-refractivity contribution < 1.29 is 22.5 Å². The molecular formula is C20H20FN5O5S. The largest absolute Gasteiger partial charge is 0.496 e. The maximum absolute atomic E-state index is 14.2. The first-order valence-electron chi connectivity index (χ1n) is 9.27. The zero-order valence-electron chi connectivity index (χ0n) is 17.4. The smallest absolute Gasteiger partial charge is 0.305 e. The Kier molecular flexibility index (Phi) is 5.99. The molecule has 4 N–H and O–H groups in total. The van der Waals surface area contributed by atoms with Gasteiger partial charge in [-0.05, 0) is 19.9 Å². The van der Waals surface area contributed by atoms with Gasteiger partial charge in [0.05, 0.1) is 39.0 Å². The lowest BCUT2D eigenvalue weighted by molar-refractivity contribution is -0.387. The molecule has 0 aliphatic carbocycles. The van der Waals surface area contributed by atoms with E-state index in [9.17, 15) is 22.9 Å². The molecule has 0 saturated heterocycles. The molecule has 1 heterocycles. The molecule has 3 aromatic rings. The number of sulfone groups is 1. The zero-order chi connectivity index (χ0) is 23.8. The lowest BCUT2D eigenvalue weighted by atomic mass is 9.98. The minimum atomic E-state index is -3.77. The Morgan fingerprint density at radius 2 is 1.78 bits per heavy atom. The van der Waals surface area contributed by atoms with Crippen molar-refractivity contribution >= 4 is 27.3 Å². The summed E-state index contributed by atoms with van der Waals surface area (Å²) in [7, 11) is -2.52. The van der Waals surface area contributed by atoms with E-state index in [-0.39, 0.29) is 44.8 Å². The van der Waals surface area contributed by atoms with Crippen LogP contribution < -0.4 is 16.2 Å². The molecule has 0 unspecified atom stereocenters. The Morgan fingerprint density at radius 3 is 2.38 bits per heavy atom. The number of hydrogen-bond donors (Lipinski definition) is 2. The van der Waals surface area contributed by atoms with E-state index in [1.54, 1.807) is 12.1 Å². The number of hydrogen-bond acceptors (Lipinski definition) is 9. The van der Waals surface area contributed by atoms with Gasteiger partial charge in [-0.3, -0.25) is 10.1 Å². The lowest BCUT2D eigenvalue weighted by Gasteiger charge is -2.18. The minimum Gasteiger partial charge on any atom is -0.496 e. The number of halogens is 1. The van der Waals surface area contributed by atoms with Crippen molar-refractivity contribution in [1.82, 2.24) is 9.97 Å². The van der Waals surface area contributed by atoms with Crippen LogP contribution in [-0.4, -0.2) is 35.7 Å². The van der Waals surface area contributed by atoms with E-state index < -0.39 is 31.5 Å². The second-order valence-corrected chi connectivity index (χ2v) is 9.51. The summed E-state index contributed by atoms with van der Waals surface area (Å²) in [6.45, 7) is 3.06. The maximum atomic E-state index is 14.2. The maximum Gasteiger partial charge on any atom is 0.305 e. The highest BCUT2D eigenvalue weighted by molar-refractivity contribution is 7.92. The molecule has 1 aromatic heterocycles. The quantitative estimate of drug-likeness (QED) is 0.414. The van der Waals surface area contributed by atoms with E-state index in [0.29, 0.717) is 0 Å². The SMILES string of the molecule is COc1cc(F)c([N+](=O)[O-])cc1-c1nc(N)nc(N)c1-c1ccccc1S(=O)(=O)C(C)C. The van der Waals surface area contributed by atoms with E-state index in [4.69, 9.17) is 16.2 Å². The average Bonchev–Trinajstić information content (AvgIpc) is 2.72. The zero-order valence-corrected chi connectivity index (χ0v) is 18.2. The Bertz CT molecular complexity index is 1330. The van der Waals surface area contributed by atoms with E-state index in [0.717, 1.165) is 12.1 Å². The Hall–Kier alpha value is -3.80. The molecule has 168 valence electrons. The van der Waals surface area contributed by atoms with E-state index >= 15 is 0 Å². The van der Waals surface area contributed by atoms with Gasteiger partial charge in [-0.2, -0.15) is 9.37 Å². The lowest BCUT2D eigenvalue weighted by Crippen LogP contribution is -2.16. The first kappa shape index (κ1) is 22.9. The average molecular weight is 461 g/mol. The molecule has 0 amide bonds. The molecule has 2 aromatic carbocycles. The predicted molar refractivity (Wildman–Crippen MR) is 117 cm³/mol. The van der Waals surface area contributed by atoms with Gasteiger partial charge in [-0.15, -0.1) is 0 Å². The van der Waals surface area contributed by atoms with Crippen molar-refractivity contribution in [2.75, 3.05) is 18.6 Å². The highest BCUT2D eigenvalue weighted by Crippen LogP contribution is 2.43. The van der Waals surface area contributed by atoms with Gasteiger partial charge in [0.1, 0.15) is 11.6 Å². The van der Waals surface area contributed by atoms with Gasteiger partial charge in [-0.25, -0.2) is 13.4 Å². The van der Waals surface area contributed by atoms with Crippen LogP contribution in [0.1, 0.15) is 13.8 Å². The molecule has 0 atom stereocenters. The molecule has 0 bridgehead atoms. The van der Waals surface area contributed by atoms with E-state index in [1.165, 1.54) is 33.1 Å². The Morgan fingerprint density at radius 1 is 1.12 bits per heavy atom. The van der Waals surface area contributed by atoms with Crippen LogP contribution in [-0.2, 0) is 9.84 Å². The number of nitrogens with zero attached hydrogens (tertiary/aromatic N) is 3. The first-order valence-corrected chi connectivity index (χ1v) is 10.8. The predicted octanol–water partition coefficient (Wildman–Crippen LogP) is 3.21. The number of nitrogens with two attached hydrogens (primary N) is 2. The second kappa shape index (κ2) is 8.38. The van der Waals surface area contributed by atoms with Crippen LogP contribution in [0.25, 0.3) is 22.4 Å². The molecular weight excluding hydrogens is 441 g/mol. The number of nitrogen functional groups attached to an aromatic ring is 2. The normalized spacial score (nSPS) is 11.5. The third kappa shape index (κ3) is 3.91. The van der Waals surface area contributed by atoms with Crippen LogP contribution in [0.2, 0.25) is 0 Å². The molecule has 0 aliphatic heterocycles. The number of ether oxygens (including phenoxy) is 1. The number of nitro benzene ring substituents is 1. The van der Waals surface area contributed by atoms with Crippen LogP contribution in [0.4, 0.5) is 21.8 Å². The molecule has 0 aliphatic rings. The third-order valence-electron chi connectivity index (χ3n) is 4.76. The molecule has 0 radical (unpaired) electrons. The van der Waals surface area contributed by atoms with Gasteiger partial charge in [0.15, 0.2) is 9.84 Å². The molecule has 0 fully saturated rings. The van der Waals surface area contributed by atoms with Crippen molar-refractivity contribution in [3.05, 3.63) is 52.3 Å². The summed E-state index contributed by atoms with van der Waals surface area (Å²) in [5, 5.41) is 10.6. The summed E-state index contributed by atoms with van der Waals surface area (Å²) in [4.78, 5) is 18.5. The summed E-state index contributed by atoms with van der Waals surface area (Å²) < 4.78 is 45.4. The van der Waals surface area contributed by atoms with Crippen LogP contribution in [0.15, 0.2) is 41.3 Å². The summed E-state index contributed by atoms with van der Waals surface area (Å²) >= 11 is 0. The summed E-state index contributed by atoms with van der Waals surface area (Å²) in [6.07, 6.45) is 0. The van der Waals surface area contributed by atoms with Gasteiger partial charge in [0, 0.05) is 17.7 Å². The minimum absolute atomic E-state index is 0.00634.